The molecule has 2 aromatic rings. The van der Waals surface area contributed by atoms with E-state index in [4.69, 9.17) is 4.74 Å². The van der Waals surface area contributed by atoms with E-state index >= 15 is 0 Å². The second-order valence-electron chi connectivity index (χ2n) is 4.29. The third-order valence-corrected chi connectivity index (χ3v) is 2.62. The molecule has 0 aromatic heterocycles. The van der Waals surface area contributed by atoms with Crippen LogP contribution in [0.2, 0.25) is 0 Å². The molecule has 0 atom stereocenters. The quantitative estimate of drug-likeness (QED) is 0.899. The zero-order valence-electron chi connectivity index (χ0n) is 12.0. The van der Waals surface area contributed by atoms with E-state index in [1.165, 1.54) is 11.1 Å². The topological polar surface area (TPSA) is 21.3 Å². The molecule has 0 amide bonds. The summed E-state index contributed by atoms with van der Waals surface area (Å²) in [6.07, 6.45) is 0. The summed E-state index contributed by atoms with van der Waals surface area (Å²) in [5.74, 6) is 0.921. The Morgan fingerprint density at radius 3 is 2.05 bits per heavy atom. The Bertz CT molecular complexity index is 435. The summed E-state index contributed by atoms with van der Waals surface area (Å²) in [6, 6.07) is 18.3. The van der Waals surface area contributed by atoms with Gasteiger partial charge in [-0.15, -0.1) is 0 Å². The van der Waals surface area contributed by atoms with Crippen molar-refractivity contribution in [3.8, 4) is 5.75 Å². The van der Waals surface area contributed by atoms with Gasteiger partial charge in [-0.2, -0.15) is 0 Å². The maximum absolute atomic E-state index is 5.65. The van der Waals surface area contributed by atoms with Crippen LogP contribution < -0.4 is 10.1 Å². The number of hydrogen-bond acceptors (Lipinski definition) is 2. The molecule has 0 heterocycles. The lowest BCUT2D eigenvalue weighted by atomic mass is 10.2. The maximum Gasteiger partial charge on any atom is 0.119 e. The van der Waals surface area contributed by atoms with Crippen molar-refractivity contribution in [2.45, 2.75) is 20.5 Å². The normalized spacial score (nSPS) is 9.42. The van der Waals surface area contributed by atoms with Crippen LogP contribution in [-0.4, -0.2) is 13.6 Å². The Balaban J connectivity index is 0.000000399. The van der Waals surface area contributed by atoms with E-state index in [1.54, 1.807) is 0 Å². The van der Waals surface area contributed by atoms with Gasteiger partial charge in [0.2, 0.25) is 0 Å². The van der Waals surface area contributed by atoms with Crippen molar-refractivity contribution in [2.24, 2.45) is 0 Å². The van der Waals surface area contributed by atoms with E-state index in [9.17, 15) is 0 Å². The second-order valence-corrected chi connectivity index (χ2v) is 4.29. The fraction of sp³-hybridized carbons (Fsp3) is 0.294. The molecule has 0 spiro atoms. The summed E-state index contributed by atoms with van der Waals surface area (Å²) >= 11 is 0. The first-order valence-corrected chi connectivity index (χ1v) is 6.64. The van der Waals surface area contributed by atoms with E-state index in [-0.39, 0.29) is 0 Å². The third kappa shape index (κ3) is 6.63. The predicted octanol–water partition coefficient (Wildman–Crippen LogP) is 3.80. The Labute approximate surface area is 116 Å². The highest BCUT2D eigenvalue weighted by Gasteiger charge is 1.94. The molecule has 0 radical (unpaired) electrons. The van der Waals surface area contributed by atoms with Crippen molar-refractivity contribution in [1.29, 1.82) is 0 Å². The zero-order chi connectivity index (χ0) is 13.9. The van der Waals surface area contributed by atoms with Crippen LogP contribution in [0.15, 0.2) is 54.6 Å². The highest BCUT2D eigenvalue weighted by atomic mass is 16.5. The van der Waals surface area contributed by atoms with Gasteiger partial charge < -0.3 is 10.1 Å². The van der Waals surface area contributed by atoms with Gasteiger partial charge in [-0.05, 0) is 38.2 Å². The Morgan fingerprint density at radius 2 is 1.53 bits per heavy atom. The van der Waals surface area contributed by atoms with E-state index < -0.39 is 0 Å². The van der Waals surface area contributed by atoms with Gasteiger partial charge in [0, 0.05) is 0 Å². The Morgan fingerprint density at radius 1 is 0.947 bits per heavy atom. The lowest BCUT2D eigenvalue weighted by Gasteiger charge is -2.06. The summed E-state index contributed by atoms with van der Waals surface area (Å²) < 4.78 is 5.65. The number of benzene rings is 2. The molecular weight excluding hydrogens is 234 g/mol. The number of ether oxygens (including phenoxy) is 1. The summed E-state index contributed by atoms with van der Waals surface area (Å²) in [4.78, 5) is 0. The third-order valence-electron chi connectivity index (χ3n) is 2.62. The van der Waals surface area contributed by atoms with Crippen LogP contribution in [0.1, 0.15) is 18.1 Å². The van der Waals surface area contributed by atoms with Crippen molar-refractivity contribution in [2.75, 3.05) is 13.6 Å². The number of nitrogens with one attached hydrogen (secondary N) is 1. The van der Waals surface area contributed by atoms with Crippen molar-refractivity contribution in [3.63, 3.8) is 0 Å². The van der Waals surface area contributed by atoms with Crippen LogP contribution in [0.5, 0.6) is 5.75 Å². The van der Waals surface area contributed by atoms with Gasteiger partial charge in [0.1, 0.15) is 12.4 Å². The van der Waals surface area contributed by atoms with Crippen molar-refractivity contribution < 1.29 is 4.74 Å². The molecule has 0 saturated heterocycles. The van der Waals surface area contributed by atoms with Crippen LogP contribution in [0.3, 0.4) is 0 Å². The molecule has 2 heteroatoms. The van der Waals surface area contributed by atoms with Crippen LogP contribution in [0.4, 0.5) is 0 Å². The highest BCUT2D eigenvalue weighted by molar-refractivity contribution is 5.26. The average Bonchev–Trinajstić information content (AvgIpc) is 2.48. The smallest absolute Gasteiger partial charge is 0.119 e. The van der Waals surface area contributed by atoms with Gasteiger partial charge in [-0.25, -0.2) is 0 Å². The molecule has 0 aliphatic heterocycles. The lowest BCUT2D eigenvalue weighted by Crippen LogP contribution is -2.01. The molecule has 0 aliphatic carbocycles. The maximum atomic E-state index is 5.65. The molecule has 0 unspecified atom stereocenters. The van der Waals surface area contributed by atoms with Gasteiger partial charge in [-0.1, -0.05) is 55.0 Å². The van der Waals surface area contributed by atoms with Crippen LogP contribution in [0.25, 0.3) is 0 Å². The molecule has 0 saturated carbocycles. The minimum atomic E-state index is 0.629. The molecule has 0 fully saturated rings. The molecule has 19 heavy (non-hydrogen) atoms. The fourth-order valence-electron chi connectivity index (χ4n) is 1.38. The number of rotatable bonds is 4. The summed E-state index contributed by atoms with van der Waals surface area (Å²) in [6.45, 7) is 5.84. The molecule has 102 valence electrons. The van der Waals surface area contributed by atoms with E-state index in [0.717, 1.165) is 12.3 Å². The lowest BCUT2D eigenvalue weighted by molar-refractivity contribution is 0.306. The SMILES string of the molecule is CCNC.Cc1ccc(OCc2ccccc2)cc1. The minimum absolute atomic E-state index is 0.629. The predicted molar refractivity (Wildman–Crippen MR) is 81.6 cm³/mol. The van der Waals surface area contributed by atoms with Crippen molar-refractivity contribution >= 4 is 0 Å². The van der Waals surface area contributed by atoms with E-state index in [1.807, 2.05) is 37.4 Å². The molecule has 2 rings (SSSR count). The monoisotopic (exact) mass is 257 g/mol. The molecule has 2 nitrogen and oxygen atoms in total. The van der Waals surface area contributed by atoms with Crippen LogP contribution in [0, 0.1) is 6.92 Å². The Hall–Kier alpha value is -1.80. The van der Waals surface area contributed by atoms with Gasteiger partial charge in [0.05, 0.1) is 0 Å². The highest BCUT2D eigenvalue weighted by Crippen LogP contribution is 2.13. The molecular formula is C17H23NO. The van der Waals surface area contributed by atoms with Gasteiger partial charge in [0.15, 0.2) is 0 Å². The van der Waals surface area contributed by atoms with E-state index in [0.29, 0.717) is 6.61 Å². The van der Waals surface area contributed by atoms with Crippen LogP contribution in [-0.2, 0) is 6.61 Å². The van der Waals surface area contributed by atoms with Gasteiger partial charge in [-0.3, -0.25) is 0 Å². The first-order valence-electron chi connectivity index (χ1n) is 6.64. The second kappa shape index (κ2) is 9.17. The number of aryl methyl sites for hydroxylation is 1. The molecule has 2 aromatic carbocycles. The average molecular weight is 257 g/mol. The summed E-state index contributed by atoms with van der Waals surface area (Å²) in [5, 5.41) is 2.93. The van der Waals surface area contributed by atoms with Crippen molar-refractivity contribution in [3.05, 3.63) is 65.7 Å². The van der Waals surface area contributed by atoms with Crippen LogP contribution >= 0.6 is 0 Å². The largest absolute Gasteiger partial charge is 0.489 e. The fourth-order valence-corrected chi connectivity index (χ4v) is 1.38. The van der Waals surface area contributed by atoms with Gasteiger partial charge >= 0.3 is 0 Å². The Kier molecular flexibility index (Phi) is 7.37. The molecule has 1 N–H and O–H groups in total. The van der Waals surface area contributed by atoms with Crippen molar-refractivity contribution in [1.82, 2.24) is 5.32 Å². The van der Waals surface area contributed by atoms with E-state index in [2.05, 4.69) is 43.4 Å². The molecule has 0 bridgehead atoms. The zero-order valence-corrected chi connectivity index (χ0v) is 12.0. The summed E-state index contributed by atoms with van der Waals surface area (Å²) in [7, 11) is 1.93. The van der Waals surface area contributed by atoms with Gasteiger partial charge in [0.25, 0.3) is 0 Å². The first kappa shape index (κ1) is 15.3. The standard InChI is InChI=1S/C14H14O.C3H9N/c1-12-7-9-14(10-8-12)15-11-13-5-3-2-4-6-13;1-3-4-2/h2-10H,11H2,1H3;4H,3H2,1-2H3. The number of hydrogen-bond donors (Lipinski definition) is 1. The summed E-state index contributed by atoms with van der Waals surface area (Å²) in [5.41, 5.74) is 2.44. The first-order chi connectivity index (χ1) is 9.26. The minimum Gasteiger partial charge on any atom is -0.489 e. The molecule has 0 aliphatic rings.